The Hall–Kier alpha value is -0.610. The number of rotatable bonds is 8. The minimum absolute atomic E-state index is 0.177. The molecule has 0 spiro atoms. The summed E-state index contributed by atoms with van der Waals surface area (Å²) in [7, 11) is 0. The fraction of sp³-hybridized carbons (Fsp3) is 0.929. The van der Waals surface area contributed by atoms with Crippen molar-refractivity contribution in [1.29, 1.82) is 0 Å². The van der Waals surface area contributed by atoms with E-state index in [4.69, 9.17) is 15.2 Å². The lowest BCUT2D eigenvalue weighted by molar-refractivity contribution is -0.148. The summed E-state index contributed by atoms with van der Waals surface area (Å²) in [6, 6.07) is 0. The molecule has 0 saturated carbocycles. The molecule has 0 bridgehead atoms. The van der Waals surface area contributed by atoms with Gasteiger partial charge in [-0.25, -0.2) is 0 Å². The van der Waals surface area contributed by atoms with E-state index >= 15 is 0 Å². The van der Waals surface area contributed by atoms with Crippen LogP contribution in [0.5, 0.6) is 0 Å². The van der Waals surface area contributed by atoms with Gasteiger partial charge in [0.25, 0.3) is 0 Å². The predicted molar refractivity (Wildman–Crippen MR) is 73.3 cm³/mol. The van der Waals surface area contributed by atoms with E-state index in [1.54, 1.807) is 0 Å². The van der Waals surface area contributed by atoms with Crippen LogP contribution in [0, 0.1) is 11.8 Å². The zero-order valence-corrected chi connectivity index (χ0v) is 12.5. The Morgan fingerprint density at radius 3 is 2.28 bits per heavy atom. The first-order valence-corrected chi connectivity index (χ1v) is 6.74. The summed E-state index contributed by atoms with van der Waals surface area (Å²) in [5, 5.41) is 0. The smallest absolute Gasteiger partial charge is 0.306 e. The molecule has 0 aliphatic heterocycles. The molecule has 4 heteroatoms. The Balaban J connectivity index is 3.75. The standard InChI is InChI=1S/C14H29NO3/c1-11(2)8-12(10-15)9-13(16)17-6-7-18-14(3,4)5/h11-12H,6-10,15H2,1-5H3. The Labute approximate surface area is 111 Å². The molecule has 0 rings (SSSR count). The number of hydrogen-bond donors (Lipinski definition) is 1. The van der Waals surface area contributed by atoms with Crippen molar-refractivity contribution in [2.24, 2.45) is 17.6 Å². The molecule has 108 valence electrons. The minimum atomic E-state index is -0.191. The summed E-state index contributed by atoms with van der Waals surface area (Å²) in [5.74, 6) is 0.597. The third-order valence-electron chi connectivity index (χ3n) is 2.47. The molecule has 0 radical (unpaired) electrons. The average Bonchev–Trinajstić information content (AvgIpc) is 2.21. The molecule has 0 saturated heterocycles. The van der Waals surface area contributed by atoms with Crippen molar-refractivity contribution in [2.45, 2.75) is 53.1 Å². The maximum absolute atomic E-state index is 11.6. The Kier molecular flexibility index (Phi) is 8.20. The van der Waals surface area contributed by atoms with Crippen LogP contribution in [0.3, 0.4) is 0 Å². The number of nitrogens with two attached hydrogens (primary N) is 1. The Morgan fingerprint density at radius 2 is 1.83 bits per heavy atom. The molecule has 0 aliphatic carbocycles. The molecule has 0 aliphatic rings. The van der Waals surface area contributed by atoms with Crippen molar-refractivity contribution in [3.8, 4) is 0 Å². The maximum atomic E-state index is 11.6. The number of hydrogen-bond acceptors (Lipinski definition) is 4. The van der Waals surface area contributed by atoms with Gasteiger partial charge in [-0.3, -0.25) is 4.79 Å². The van der Waals surface area contributed by atoms with Crippen molar-refractivity contribution < 1.29 is 14.3 Å². The zero-order valence-electron chi connectivity index (χ0n) is 12.5. The highest BCUT2D eigenvalue weighted by molar-refractivity contribution is 5.69. The van der Waals surface area contributed by atoms with Crippen molar-refractivity contribution in [2.75, 3.05) is 19.8 Å². The molecular formula is C14H29NO3. The molecule has 1 unspecified atom stereocenters. The average molecular weight is 259 g/mol. The van der Waals surface area contributed by atoms with Gasteiger partial charge < -0.3 is 15.2 Å². The summed E-state index contributed by atoms with van der Waals surface area (Å²) < 4.78 is 10.6. The van der Waals surface area contributed by atoms with Crippen LogP contribution in [0.15, 0.2) is 0 Å². The van der Waals surface area contributed by atoms with Gasteiger partial charge in [-0.05, 0) is 45.6 Å². The zero-order chi connectivity index (χ0) is 14.2. The Bertz CT molecular complexity index is 234. The lowest BCUT2D eigenvalue weighted by atomic mass is 9.94. The number of carbonyl (C=O) groups is 1. The molecule has 0 heterocycles. The molecule has 0 aromatic carbocycles. The Morgan fingerprint density at radius 1 is 1.22 bits per heavy atom. The number of carbonyl (C=O) groups excluding carboxylic acids is 1. The van der Waals surface area contributed by atoms with Crippen LogP contribution in [0.4, 0.5) is 0 Å². The van der Waals surface area contributed by atoms with E-state index in [0.29, 0.717) is 32.1 Å². The van der Waals surface area contributed by atoms with Gasteiger partial charge in [-0.15, -0.1) is 0 Å². The molecule has 0 amide bonds. The summed E-state index contributed by atoms with van der Waals surface area (Å²) in [6.07, 6.45) is 1.37. The van der Waals surface area contributed by atoms with Gasteiger partial charge in [0.05, 0.1) is 12.2 Å². The lowest BCUT2D eigenvalue weighted by Gasteiger charge is -2.20. The third-order valence-corrected chi connectivity index (χ3v) is 2.47. The first kappa shape index (κ1) is 17.4. The summed E-state index contributed by atoms with van der Waals surface area (Å²) in [5.41, 5.74) is 5.46. The molecule has 4 nitrogen and oxygen atoms in total. The van der Waals surface area contributed by atoms with Gasteiger partial charge in [0.2, 0.25) is 0 Å². The largest absolute Gasteiger partial charge is 0.463 e. The van der Waals surface area contributed by atoms with Gasteiger partial charge in [-0.1, -0.05) is 13.8 Å². The maximum Gasteiger partial charge on any atom is 0.306 e. The molecule has 0 fully saturated rings. The topological polar surface area (TPSA) is 61.6 Å². The van der Waals surface area contributed by atoms with Gasteiger partial charge in [0, 0.05) is 6.42 Å². The van der Waals surface area contributed by atoms with Crippen molar-refractivity contribution in [1.82, 2.24) is 0 Å². The first-order valence-electron chi connectivity index (χ1n) is 6.74. The van der Waals surface area contributed by atoms with Crippen LogP contribution in [0.2, 0.25) is 0 Å². The van der Waals surface area contributed by atoms with E-state index in [2.05, 4.69) is 13.8 Å². The second-order valence-corrected chi connectivity index (χ2v) is 6.12. The van der Waals surface area contributed by atoms with E-state index in [-0.39, 0.29) is 17.5 Å². The lowest BCUT2D eigenvalue weighted by Crippen LogP contribution is -2.24. The van der Waals surface area contributed by atoms with Gasteiger partial charge in [0.15, 0.2) is 0 Å². The van der Waals surface area contributed by atoms with Crippen LogP contribution in [-0.2, 0) is 14.3 Å². The van der Waals surface area contributed by atoms with Crippen molar-refractivity contribution in [3.63, 3.8) is 0 Å². The highest BCUT2D eigenvalue weighted by atomic mass is 16.6. The summed E-state index contributed by atoms with van der Waals surface area (Å²) >= 11 is 0. The molecule has 0 aromatic heterocycles. The normalized spacial score (nSPS) is 13.7. The summed E-state index contributed by atoms with van der Waals surface area (Å²) in [6.45, 7) is 11.5. The highest BCUT2D eigenvalue weighted by Gasteiger charge is 2.15. The van der Waals surface area contributed by atoms with E-state index in [1.807, 2.05) is 20.8 Å². The van der Waals surface area contributed by atoms with Crippen LogP contribution in [0.25, 0.3) is 0 Å². The summed E-state index contributed by atoms with van der Waals surface area (Å²) in [4.78, 5) is 11.6. The fourth-order valence-electron chi connectivity index (χ4n) is 1.73. The second kappa shape index (κ2) is 8.48. The highest BCUT2D eigenvalue weighted by Crippen LogP contribution is 2.14. The number of ether oxygens (including phenoxy) is 2. The third kappa shape index (κ3) is 10.5. The van der Waals surface area contributed by atoms with E-state index in [9.17, 15) is 4.79 Å². The second-order valence-electron chi connectivity index (χ2n) is 6.12. The van der Waals surface area contributed by atoms with E-state index in [0.717, 1.165) is 6.42 Å². The fourth-order valence-corrected chi connectivity index (χ4v) is 1.73. The minimum Gasteiger partial charge on any atom is -0.463 e. The van der Waals surface area contributed by atoms with E-state index in [1.165, 1.54) is 0 Å². The van der Waals surface area contributed by atoms with Crippen LogP contribution < -0.4 is 5.73 Å². The molecular weight excluding hydrogens is 230 g/mol. The van der Waals surface area contributed by atoms with Crippen LogP contribution >= 0.6 is 0 Å². The van der Waals surface area contributed by atoms with Crippen LogP contribution in [-0.4, -0.2) is 31.3 Å². The molecule has 2 N–H and O–H groups in total. The van der Waals surface area contributed by atoms with Gasteiger partial charge in [-0.2, -0.15) is 0 Å². The quantitative estimate of drug-likeness (QED) is 0.537. The number of esters is 1. The molecule has 18 heavy (non-hydrogen) atoms. The van der Waals surface area contributed by atoms with E-state index < -0.39 is 0 Å². The van der Waals surface area contributed by atoms with Crippen molar-refractivity contribution >= 4 is 5.97 Å². The predicted octanol–water partition coefficient (Wildman–Crippen LogP) is 2.36. The monoisotopic (exact) mass is 259 g/mol. The molecule has 1 atom stereocenters. The van der Waals surface area contributed by atoms with Crippen molar-refractivity contribution in [3.05, 3.63) is 0 Å². The van der Waals surface area contributed by atoms with Gasteiger partial charge >= 0.3 is 5.97 Å². The molecule has 0 aromatic rings. The van der Waals surface area contributed by atoms with Crippen LogP contribution in [0.1, 0.15) is 47.5 Å². The first-order chi connectivity index (χ1) is 8.24. The van der Waals surface area contributed by atoms with Gasteiger partial charge in [0.1, 0.15) is 6.61 Å². The SMILES string of the molecule is CC(C)CC(CN)CC(=O)OCCOC(C)(C)C.